The molecule has 0 spiro atoms. The number of amides is 1. The monoisotopic (exact) mass is 290 g/mol. The summed E-state index contributed by atoms with van der Waals surface area (Å²) in [6.45, 7) is 6.92. The molecule has 2 rings (SSSR count). The molecule has 1 aromatic rings. The number of nitrogens with zero attached hydrogens (tertiary/aromatic N) is 1. The average Bonchev–Trinajstić information content (AvgIpc) is 2.52. The zero-order chi connectivity index (χ0) is 15.4. The number of fused-ring (bicyclic) bond motifs is 1. The SMILES string of the molecule is CCCCN1C(=O)C(CC)Oc2ccc(C(N)CC)cc21. The Morgan fingerprint density at radius 2 is 2.10 bits per heavy atom. The molecule has 1 aromatic carbocycles. The molecule has 21 heavy (non-hydrogen) atoms. The molecule has 1 aliphatic heterocycles. The lowest BCUT2D eigenvalue weighted by Crippen LogP contribution is -2.46. The van der Waals surface area contributed by atoms with Crippen LogP contribution in [0.15, 0.2) is 18.2 Å². The van der Waals surface area contributed by atoms with Crippen molar-refractivity contribution >= 4 is 11.6 Å². The lowest BCUT2D eigenvalue weighted by Gasteiger charge is -2.34. The van der Waals surface area contributed by atoms with E-state index in [1.165, 1.54) is 0 Å². The summed E-state index contributed by atoms with van der Waals surface area (Å²) in [4.78, 5) is 14.4. The number of nitrogens with two attached hydrogens (primary N) is 1. The molecule has 1 heterocycles. The van der Waals surface area contributed by atoms with Crippen LogP contribution < -0.4 is 15.4 Å². The van der Waals surface area contributed by atoms with Crippen molar-refractivity contribution in [1.29, 1.82) is 0 Å². The number of carbonyl (C=O) groups is 1. The first-order chi connectivity index (χ1) is 10.1. The van der Waals surface area contributed by atoms with Crippen molar-refractivity contribution in [1.82, 2.24) is 0 Å². The quantitative estimate of drug-likeness (QED) is 0.873. The van der Waals surface area contributed by atoms with Crippen molar-refractivity contribution in [3.8, 4) is 5.75 Å². The summed E-state index contributed by atoms with van der Waals surface area (Å²) in [5, 5.41) is 0. The number of ether oxygens (including phenoxy) is 1. The van der Waals surface area contributed by atoms with Gasteiger partial charge in [0.15, 0.2) is 6.10 Å². The van der Waals surface area contributed by atoms with Crippen LogP contribution in [0.4, 0.5) is 5.69 Å². The minimum absolute atomic E-state index is 0.00215. The van der Waals surface area contributed by atoms with Crippen LogP contribution in [0.2, 0.25) is 0 Å². The summed E-state index contributed by atoms with van der Waals surface area (Å²) >= 11 is 0. The third-order valence-electron chi connectivity index (χ3n) is 4.06. The van der Waals surface area contributed by atoms with Crippen LogP contribution in [0.25, 0.3) is 0 Å². The van der Waals surface area contributed by atoms with E-state index in [4.69, 9.17) is 10.5 Å². The zero-order valence-corrected chi connectivity index (χ0v) is 13.3. The Morgan fingerprint density at radius 1 is 1.33 bits per heavy atom. The van der Waals surface area contributed by atoms with E-state index in [0.29, 0.717) is 6.42 Å². The van der Waals surface area contributed by atoms with Gasteiger partial charge in [0.05, 0.1) is 5.69 Å². The molecule has 2 N–H and O–H groups in total. The number of unbranched alkanes of at least 4 members (excludes halogenated alkanes) is 1. The topological polar surface area (TPSA) is 55.6 Å². The van der Waals surface area contributed by atoms with Crippen LogP contribution >= 0.6 is 0 Å². The summed E-state index contributed by atoms with van der Waals surface area (Å²) in [6.07, 6.45) is 3.26. The minimum atomic E-state index is -0.361. The minimum Gasteiger partial charge on any atom is -0.478 e. The molecular formula is C17H26N2O2. The van der Waals surface area contributed by atoms with Crippen molar-refractivity contribution in [3.05, 3.63) is 23.8 Å². The maximum absolute atomic E-state index is 12.5. The lowest BCUT2D eigenvalue weighted by atomic mass is 10.0. The predicted molar refractivity (Wildman–Crippen MR) is 85.6 cm³/mol. The van der Waals surface area contributed by atoms with E-state index in [1.807, 2.05) is 30.0 Å². The third kappa shape index (κ3) is 3.21. The van der Waals surface area contributed by atoms with Crippen LogP contribution in [0, 0.1) is 0 Å². The van der Waals surface area contributed by atoms with Gasteiger partial charge in [0.1, 0.15) is 5.75 Å². The highest BCUT2D eigenvalue weighted by molar-refractivity contribution is 6.00. The summed E-state index contributed by atoms with van der Waals surface area (Å²) in [7, 11) is 0. The van der Waals surface area contributed by atoms with Crippen LogP contribution in [0.5, 0.6) is 5.75 Å². The van der Waals surface area contributed by atoms with Crippen molar-refractivity contribution in [2.45, 2.75) is 58.6 Å². The Morgan fingerprint density at radius 3 is 2.71 bits per heavy atom. The molecule has 0 radical (unpaired) electrons. The van der Waals surface area contributed by atoms with Crippen LogP contribution in [0.3, 0.4) is 0 Å². The normalized spacial score (nSPS) is 19.1. The van der Waals surface area contributed by atoms with Gasteiger partial charge in [0, 0.05) is 12.6 Å². The van der Waals surface area contributed by atoms with E-state index in [-0.39, 0.29) is 18.1 Å². The first kappa shape index (κ1) is 15.8. The maximum atomic E-state index is 12.5. The number of benzene rings is 1. The van der Waals surface area contributed by atoms with Crippen LogP contribution in [-0.4, -0.2) is 18.6 Å². The summed E-state index contributed by atoms with van der Waals surface area (Å²) in [6, 6.07) is 5.98. The Bertz CT molecular complexity index is 502. The number of hydrogen-bond donors (Lipinski definition) is 1. The Hall–Kier alpha value is -1.55. The highest BCUT2D eigenvalue weighted by atomic mass is 16.5. The second kappa shape index (κ2) is 6.94. The van der Waals surface area contributed by atoms with Gasteiger partial charge in [-0.05, 0) is 37.0 Å². The fourth-order valence-electron chi connectivity index (χ4n) is 2.61. The number of hydrogen-bond acceptors (Lipinski definition) is 3. The van der Waals surface area contributed by atoms with Gasteiger partial charge >= 0.3 is 0 Å². The highest BCUT2D eigenvalue weighted by Crippen LogP contribution is 2.37. The summed E-state index contributed by atoms with van der Waals surface area (Å²) < 4.78 is 5.84. The molecule has 0 saturated carbocycles. The lowest BCUT2D eigenvalue weighted by molar-refractivity contribution is -0.126. The maximum Gasteiger partial charge on any atom is 0.268 e. The smallest absolute Gasteiger partial charge is 0.268 e. The molecule has 0 bridgehead atoms. The van der Waals surface area contributed by atoms with Gasteiger partial charge in [-0.1, -0.05) is 33.3 Å². The fourth-order valence-corrected chi connectivity index (χ4v) is 2.61. The molecule has 2 unspecified atom stereocenters. The van der Waals surface area contributed by atoms with Gasteiger partial charge in [0.25, 0.3) is 5.91 Å². The highest BCUT2D eigenvalue weighted by Gasteiger charge is 2.33. The van der Waals surface area contributed by atoms with E-state index < -0.39 is 0 Å². The number of rotatable bonds is 6. The van der Waals surface area contributed by atoms with Gasteiger partial charge in [-0.3, -0.25) is 4.79 Å². The second-order valence-corrected chi connectivity index (χ2v) is 5.60. The fraction of sp³-hybridized carbons (Fsp3) is 0.588. The molecular weight excluding hydrogens is 264 g/mol. The first-order valence-electron chi connectivity index (χ1n) is 7.99. The van der Waals surface area contributed by atoms with Gasteiger partial charge in [-0.15, -0.1) is 0 Å². The molecule has 0 aliphatic carbocycles. The van der Waals surface area contributed by atoms with E-state index in [2.05, 4.69) is 13.8 Å². The standard InChI is InChI=1S/C17H26N2O2/c1-4-7-10-19-14-11-12(13(18)5-2)8-9-16(14)21-15(6-3)17(19)20/h8-9,11,13,15H,4-7,10,18H2,1-3H3. The van der Waals surface area contributed by atoms with E-state index >= 15 is 0 Å². The molecule has 4 heteroatoms. The van der Waals surface area contributed by atoms with Gasteiger partial charge in [-0.25, -0.2) is 0 Å². The zero-order valence-electron chi connectivity index (χ0n) is 13.3. The van der Waals surface area contributed by atoms with Gasteiger partial charge in [0.2, 0.25) is 0 Å². The Balaban J connectivity index is 2.38. The number of anilines is 1. The average molecular weight is 290 g/mol. The molecule has 1 amide bonds. The Labute approximate surface area is 127 Å². The molecule has 0 saturated heterocycles. The number of carbonyl (C=O) groups excluding carboxylic acids is 1. The van der Waals surface area contributed by atoms with Crippen molar-refractivity contribution in [3.63, 3.8) is 0 Å². The summed E-state index contributed by atoms with van der Waals surface area (Å²) in [5.41, 5.74) is 8.05. The molecule has 0 fully saturated rings. The largest absolute Gasteiger partial charge is 0.478 e. The molecule has 2 atom stereocenters. The molecule has 4 nitrogen and oxygen atoms in total. The molecule has 0 aromatic heterocycles. The third-order valence-corrected chi connectivity index (χ3v) is 4.06. The van der Waals surface area contributed by atoms with Gasteiger partial charge in [-0.2, -0.15) is 0 Å². The van der Waals surface area contributed by atoms with Crippen molar-refractivity contribution in [2.75, 3.05) is 11.4 Å². The van der Waals surface area contributed by atoms with Crippen LogP contribution in [0.1, 0.15) is 58.1 Å². The molecule has 116 valence electrons. The van der Waals surface area contributed by atoms with E-state index in [9.17, 15) is 4.79 Å². The summed E-state index contributed by atoms with van der Waals surface area (Å²) in [5.74, 6) is 0.866. The van der Waals surface area contributed by atoms with Crippen molar-refractivity contribution in [2.24, 2.45) is 5.73 Å². The van der Waals surface area contributed by atoms with E-state index in [0.717, 1.165) is 42.8 Å². The second-order valence-electron chi connectivity index (χ2n) is 5.60. The van der Waals surface area contributed by atoms with Gasteiger partial charge < -0.3 is 15.4 Å². The van der Waals surface area contributed by atoms with Crippen molar-refractivity contribution < 1.29 is 9.53 Å². The molecule has 1 aliphatic rings. The van der Waals surface area contributed by atoms with E-state index in [1.54, 1.807) is 0 Å². The van der Waals surface area contributed by atoms with Crippen LogP contribution in [-0.2, 0) is 4.79 Å². The predicted octanol–water partition coefficient (Wildman–Crippen LogP) is 3.40. The Kier molecular flexibility index (Phi) is 5.23. The first-order valence-corrected chi connectivity index (χ1v) is 7.99.